The molecule has 2 heterocycles. The molecule has 0 amide bonds. The minimum atomic E-state index is -0.201. The number of aliphatic hydroxyl groups excluding tert-OH is 1. The number of methoxy groups -OCH3 is 1. The van der Waals surface area contributed by atoms with Gasteiger partial charge in [-0.25, -0.2) is 0 Å². The number of aliphatic hydroxyl groups is 1. The van der Waals surface area contributed by atoms with Crippen LogP contribution in [0.15, 0.2) is 60.0 Å². The molecule has 1 aromatic heterocycles. The lowest BCUT2D eigenvalue weighted by atomic mass is 10.1. The standard InChI is InChI=1S/C25H33ClN6O2/c1-19-25(24(27-2)15-28-18-30-21-6-8-23(34-3)9-7-21)32(26)17-20(5-4-12-29-19)16-31-13-10-22(33)11-14-31/h4-9,12,15,17,22,28,30,33H,2,10-11,13-14,16,18H2,1,3H3/b5-4?,20-17?,24-15-,25-19?,29-12?. The molecule has 0 bridgehead atoms. The molecule has 0 radical (unpaired) electrons. The van der Waals surface area contributed by atoms with Crippen LogP contribution >= 0.6 is 11.8 Å². The highest BCUT2D eigenvalue weighted by atomic mass is 35.5. The number of benzene rings is 1. The van der Waals surface area contributed by atoms with Crippen molar-refractivity contribution in [2.45, 2.75) is 32.4 Å². The summed E-state index contributed by atoms with van der Waals surface area (Å²) in [5.41, 5.74) is 3.91. The highest BCUT2D eigenvalue weighted by Gasteiger charge is 2.17. The van der Waals surface area contributed by atoms with E-state index in [2.05, 4.69) is 32.2 Å². The molecule has 0 unspecified atom stereocenters. The first-order valence-corrected chi connectivity index (χ1v) is 11.6. The zero-order chi connectivity index (χ0) is 24.3. The maximum atomic E-state index is 9.77. The third kappa shape index (κ3) is 7.48. The first-order valence-electron chi connectivity index (χ1n) is 11.3. The van der Waals surface area contributed by atoms with Crippen LogP contribution in [0.3, 0.4) is 0 Å². The van der Waals surface area contributed by atoms with E-state index in [1.54, 1.807) is 19.5 Å². The molecule has 3 rings (SSSR count). The summed E-state index contributed by atoms with van der Waals surface area (Å²) in [5, 5.41) is 16.3. The molecule has 1 fully saturated rings. The fourth-order valence-electron chi connectivity index (χ4n) is 3.71. The van der Waals surface area contributed by atoms with E-state index < -0.39 is 0 Å². The molecule has 1 saturated heterocycles. The van der Waals surface area contributed by atoms with Crippen molar-refractivity contribution in [1.82, 2.24) is 19.3 Å². The lowest BCUT2D eigenvalue weighted by Crippen LogP contribution is -2.35. The number of ether oxygens (including phenoxy) is 1. The number of hydrogen-bond donors (Lipinski definition) is 3. The Labute approximate surface area is 206 Å². The first-order chi connectivity index (χ1) is 16.5. The number of aromatic nitrogens is 2. The molecule has 182 valence electrons. The number of rotatable bonds is 9. The number of nitrogens with one attached hydrogen (secondary N) is 2. The number of halogens is 1. The molecule has 0 saturated carbocycles. The fraction of sp³-hybridized carbons (Fsp3) is 0.360. The van der Waals surface area contributed by atoms with Gasteiger partial charge in [0.05, 0.1) is 25.6 Å². The van der Waals surface area contributed by atoms with Crippen LogP contribution in [-0.2, 0) is 6.54 Å². The summed E-state index contributed by atoms with van der Waals surface area (Å²) in [6.45, 7) is 8.53. The number of likely N-dealkylation sites (tertiary alicyclic amines) is 1. The number of piperidine rings is 1. The highest BCUT2D eigenvalue weighted by Crippen LogP contribution is 2.20. The van der Waals surface area contributed by atoms with Crippen molar-refractivity contribution >= 4 is 29.9 Å². The molecule has 0 atom stereocenters. The van der Waals surface area contributed by atoms with Crippen LogP contribution in [0, 0.1) is 6.92 Å². The minimum absolute atomic E-state index is 0.201. The van der Waals surface area contributed by atoms with Gasteiger partial charge in [0.2, 0.25) is 0 Å². The van der Waals surface area contributed by atoms with E-state index in [0.717, 1.165) is 49.5 Å². The molecule has 8 nitrogen and oxygen atoms in total. The lowest BCUT2D eigenvalue weighted by molar-refractivity contribution is 0.0792. The predicted octanol–water partition coefficient (Wildman–Crippen LogP) is 3.94. The molecule has 1 aliphatic rings. The van der Waals surface area contributed by atoms with Crippen LogP contribution in [0.25, 0.3) is 5.70 Å². The van der Waals surface area contributed by atoms with E-state index in [0.29, 0.717) is 23.8 Å². The van der Waals surface area contributed by atoms with Crippen LogP contribution < -0.4 is 15.4 Å². The zero-order valence-electron chi connectivity index (χ0n) is 19.7. The maximum absolute atomic E-state index is 9.77. The van der Waals surface area contributed by atoms with Gasteiger partial charge in [-0.1, -0.05) is 6.07 Å². The summed E-state index contributed by atoms with van der Waals surface area (Å²) in [5.74, 6) is 0.807. The van der Waals surface area contributed by atoms with Crippen LogP contribution in [0.2, 0.25) is 0 Å². The van der Waals surface area contributed by atoms with Gasteiger partial charge in [0.15, 0.2) is 0 Å². The van der Waals surface area contributed by atoms with Gasteiger partial charge in [-0.2, -0.15) is 0 Å². The van der Waals surface area contributed by atoms with Crippen molar-refractivity contribution in [3.05, 3.63) is 71.9 Å². The van der Waals surface area contributed by atoms with Gasteiger partial charge in [0.1, 0.15) is 17.1 Å². The summed E-state index contributed by atoms with van der Waals surface area (Å²) >= 11 is 6.72. The van der Waals surface area contributed by atoms with Gasteiger partial charge >= 0.3 is 0 Å². The van der Waals surface area contributed by atoms with Crippen LogP contribution in [0.4, 0.5) is 5.69 Å². The van der Waals surface area contributed by atoms with E-state index in [1.807, 2.05) is 49.5 Å². The Hall–Kier alpha value is -3.07. The van der Waals surface area contributed by atoms with E-state index in [4.69, 9.17) is 16.5 Å². The monoisotopic (exact) mass is 484 g/mol. The third-order valence-electron chi connectivity index (χ3n) is 5.60. The maximum Gasteiger partial charge on any atom is 0.119 e. The Morgan fingerprint density at radius 3 is 2.71 bits per heavy atom. The van der Waals surface area contributed by atoms with E-state index in [-0.39, 0.29) is 6.10 Å². The molecule has 34 heavy (non-hydrogen) atoms. The van der Waals surface area contributed by atoms with Gasteiger partial charge in [-0.05, 0) is 62.4 Å². The summed E-state index contributed by atoms with van der Waals surface area (Å²) in [6.07, 6.45) is 6.77. The molecular formula is C25H33ClN6O2. The van der Waals surface area contributed by atoms with E-state index >= 15 is 0 Å². The summed E-state index contributed by atoms with van der Waals surface area (Å²) < 4.78 is 6.71. The average molecular weight is 485 g/mol. The highest BCUT2D eigenvalue weighted by molar-refractivity contribution is 6.16. The number of hydrogen-bond acceptors (Lipinski definition) is 7. The minimum Gasteiger partial charge on any atom is -0.497 e. The topological polar surface area (TPSA) is 86.9 Å². The Bertz CT molecular complexity index is 1030. The fourth-order valence-corrected chi connectivity index (χ4v) is 4.05. The Balaban J connectivity index is 1.77. The second kappa shape index (κ2) is 13.0. The molecule has 0 aliphatic carbocycles. The van der Waals surface area contributed by atoms with Crippen molar-refractivity contribution in [2.75, 3.05) is 32.2 Å². The normalized spacial score (nSPS) is 14.9. The number of aliphatic imine (C=N–C) groups is 1. The molecule has 0 spiro atoms. The Kier molecular flexibility index (Phi) is 9.75. The van der Waals surface area contributed by atoms with Crippen molar-refractivity contribution in [3.63, 3.8) is 0 Å². The number of anilines is 1. The predicted molar refractivity (Wildman–Crippen MR) is 139 cm³/mol. The smallest absolute Gasteiger partial charge is 0.119 e. The van der Waals surface area contributed by atoms with E-state index in [1.165, 1.54) is 4.09 Å². The second-order valence-electron chi connectivity index (χ2n) is 8.07. The van der Waals surface area contributed by atoms with Crippen LogP contribution in [-0.4, -0.2) is 58.8 Å². The van der Waals surface area contributed by atoms with Crippen molar-refractivity contribution in [2.24, 2.45) is 4.99 Å². The van der Waals surface area contributed by atoms with Gasteiger partial charge in [-0.15, -0.1) is 0 Å². The van der Waals surface area contributed by atoms with E-state index in [9.17, 15) is 5.11 Å². The van der Waals surface area contributed by atoms with Crippen molar-refractivity contribution in [1.29, 1.82) is 0 Å². The molecule has 3 N–H and O–H groups in total. The quantitative estimate of drug-likeness (QED) is 0.284. The van der Waals surface area contributed by atoms with Gasteiger partial charge < -0.3 is 20.5 Å². The molecule has 1 aromatic carbocycles. The molecule has 2 aromatic rings. The zero-order valence-corrected chi connectivity index (χ0v) is 20.5. The summed E-state index contributed by atoms with van der Waals surface area (Å²) in [4.78, 5) is 11.0. The summed E-state index contributed by atoms with van der Waals surface area (Å²) in [7, 11) is 1.64. The Morgan fingerprint density at radius 1 is 1.29 bits per heavy atom. The molecular weight excluding hydrogens is 452 g/mol. The van der Waals surface area contributed by atoms with Gasteiger partial charge in [0.25, 0.3) is 0 Å². The van der Waals surface area contributed by atoms with Crippen LogP contribution in [0.5, 0.6) is 5.75 Å². The number of aryl methyl sites for hydroxylation is 1. The van der Waals surface area contributed by atoms with Crippen LogP contribution in [0.1, 0.15) is 29.8 Å². The van der Waals surface area contributed by atoms with Crippen molar-refractivity contribution < 1.29 is 9.84 Å². The second-order valence-corrected chi connectivity index (χ2v) is 8.43. The molecule has 9 heteroatoms. The van der Waals surface area contributed by atoms with Gasteiger partial charge in [0, 0.05) is 55.7 Å². The van der Waals surface area contributed by atoms with Crippen molar-refractivity contribution in [3.8, 4) is 5.75 Å². The lowest BCUT2D eigenvalue weighted by Gasteiger charge is -2.29. The summed E-state index contributed by atoms with van der Waals surface area (Å²) in [6, 6.07) is 11.6. The van der Waals surface area contributed by atoms with Gasteiger partial charge in [-0.3, -0.25) is 19.0 Å². The first kappa shape index (κ1) is 25.6. The largest absolute Gasteiger partial charge is 0.497 e. The Morgan fingerprint density at radius 2 is 2.03 bits per heavy atom. The molecule has 1 aliphatic heterocycles. The number of nitrogens with zero attached hydrogens (tertiary/aromatic N) is 4. The third-order valence-corrected chi connectivity index (χ3v) is 5.87. The SMILES string of the molecule is C=N/C(=C\NCNc1ccc(OC)cc1)c1c(C)ncccc(CN2CCC(O)CC2)cn1Cl. The average Bonchev–Trinajstić information content (AvgIpc) is 2.90.